The Kier molecular flexibility index (Phi) is 4.16. The lowest BCUT2D eigenvalue weighted by atomic mass is 9.83. The van der Waals surface area contributed by atoms with Crippen molar-refractivity contribution in [1.29, 1.82) is 0 Å². The molecule has 0 amide bonds. The summed E-state index contributed by atoms with van der Waals surface area (Å²) in [5, 5.41) is 10.5. The first kappa shape index (κ1) is 15.0. The van der Waals surface area contributed by atoms with Crippen molar-refractivity contribution in [2.24, 2.45) is 5.92 Å². The summed E-state index contributed by atoms with van der Waals surface area (Å²) >= 11 is 0. The molecular weight excluding hydrogens is 282 g/mol. The number of ether oxygens (including phenoxy) is 3. The number of aliphatic hydroxyl groups excluding tert-OH is 1. The van der Waals surface area contributed by atoms with Crippen LogP contribution in [0.3, 0.4) is 0 Å². The van der Waals surface area contributed by atoms with Gasteiger partial charge in [-0.25, -0.2) is 0 Å². The molecule has 0 aromatic heterocycles. The largest absolute Gasteiger partial charge is 0.493 e. The average molecular weight is 305 g/mol. The topological polar surface area (TPSA) is 51.2 Å². The summed E-state index contributed by atoms with van der Waals surface area (Å²) in [4.78, 5) is 2.27. The van der Waals surface area contributed by atoms with Crippen molar-refractivity contribution in [2.75, 3.05) is 34.4 Å². The number of nitrogens with zero attached hydrogens (tertiary/aromatic N) is 1. The fraction of sp³-hybridized carbons (Fsp3) is 0.529. The van der Waals surface area contributed by atoms with Gasteiger partial charge >= 0.3 is 0 Å². The van der Waals surface area contributed by atoms with Crippen LogP contribution in [-0.4, -0.2) is 50.5 Å². The highest BCUT2D eigenvalue weighted by Gasteiger charge is 2.36. The standard InChI is InChI=1S/C17H23NO4/c1-20-14-9-11(10-15(21-2)17(14)22-3)8-13-16(19)12-4-6-18(13)7-5-12/h8-10,12,16,19H,4-7H2,1-3H3/b13-8-/t16-/m0/s1. The second-order valence-electron chi connectivity index (χ2n) is 5.80. The highest BCUT2D eigenvalue weighted by atomic mass is 16.5. The Morgan fingerprint density at radius 3 is 2.09 bits per heavy atom. The van der Waals surface area contributed by atoms with E-state index in [4.69, 9.17) is 14.2 Å². The Morgan fingerprint density at radius 2 is 1.64 bits per heavy atom. The molecular formula is C17H23NO4. The van der Waals surface area contributed by atoms with Gasteiger partial charge in [0.25, 0.3) is 0 Å². The lowest BCUT2D eigenvalue weighted by Gasteiger charge is -2.45. The van der Waals surface area contributed by atoms with Gasteiger partial charge in [-0.1, -0.05) is 0 Å². The molecule has 0 unspecified atom stereocenters. The molecule has 3 heterocycles. The molecule has 1 N–H and O–H groups in total. The minimum absolute atomic E-state index is 0.374. The zero-order valence-corrected chi connectivity index (χ0v) is 13.3. The van der Waals surface area contributed by atoms with Crippen LogP contribution in [0.4, 0.5) is 0 Å². The van der Waals surface area contributed by atoms with Crippen LogP contribution in [0.2, 0.25) is 0 Å². The third-order valence-corrected chi connectivity index (χ3v) is 4.66. The lowest BCUT2D eigenvalue weighted by molar-refractivity contribution is 0.0215. The van der Waals surface area contributed by atoms with E-state index in [1.165, 1.54) is 0 Å². The first-order chi connectivity index (χ1) is 10.7. The van der Waals surface area contributed by atoms with Crippen LogP contribution in [0.5, 0.6) is 17.2 Å². The molecule has 0 radical (unpaired) electrons. The second-order valence-corrected chi connectivity index (χ2v) is 5.80. The van der Waals surface area contributed by atoms with Gasteiger partial charge in [-0.15, -0.1) is 0 Å². The maximum Gasteiger partial charge on any atom is 0.203 e. The monoisotopic (exact) mass is 305 g/mol. The molecule has 1 aromatic rings. The number of hydrogen-bond donors (Lipinski definition) is 1. The number of hydrogen-bond acceptors (Lipinski definition) is 5. The van der Waals surface area contributed by atoms with Gasteiger partial charge in [-0.05, 0) is 42.5 Å². The van der Waals surface area contributed by atoms with Crippen LogP contribution in [0.15, 0.2) is 17.8 Å². The molecule has 2 bridgehead atoms. The number of fused-ring (bicyclic) bond motifs is 3. The Balaban J connectivity index is 2.00. The zero-order valence-electron chi connectivity index (χ0n) is 13.3. The normalized spacial score (nSPS) is 25.5. The Morgan fingerprint density at radius 1 is 1.05 bits per heavy atom. The van der Waals surface area contributed by atoms with E-state index < -0.39 is 0 Å². The van der Waals surface area contributed by atoms with E-state index in [0.717, 1.165) is 37.2 Å². The molecule has 3 saturated heterocycles. The second kappa shape index (κ2) is 6.08. The molecule has 1 atom stereocenters. The highest BCUT2D eigenvalue weighted by Crippen LogP contribution is 2.40. The molecule has 3 fully saturated rings. The van der Waals surface area contributed by atoms with Crippen LogP contribution in [0.25, 0.3) is 6.08 Å². The van der Waals surface area contributed by atoms with Crippen molar-refractivity contribution < 1.29 is 19.3 Å². The molecule has 3 aliphatic rings. The van der Waals surface area contributed by atoms with Crippen LogP contribution in [0.1, 0.15) is 18.4 Å². The van der Waals surface area contributed by atoms with E-state index in [0.29, 0.717) is 23.2 Å². The fourth-order valence-corrected chi connectivity index (χ4v) is 3.43. The van der Waals surface area contributed by atoms with E-state index in [-0.39, 0.29) is 6.10 Å². The lowest BCUT2D eigenvalue weighted by Crippen LogP contribution is -2.48. The summed E-state index contributed by atoms with van der Waals surface area (Å²) in [5.74, 6) is 2.22. The number of methoxy groups -OCH3 is 3. The summed E-state index contributed by atoms with van der Waals surface area (Å²) in [6, 6.07) is 3.81. The van der Waals surface area contributed by atoms with Gasteiger partial charge in [-0.3, -0.25) is 0 Å². The summed E-state index contributed by atoms with van der Waals surface area (Å²) in [6.45, 7) is 2.05. The summed E-state index contributed by atoms with van der Waals surface area (Å²) in [5.41, 5.74) is 1.94. The Bertz CT molecular complexity index is 547. The Hall–Kier alpha value is -1.88. The highest BCUT2D eigenvalue weighted by molar-refractivity contribution is 5.64. The molecule has 120 valence electrons. The van der Waals surface area contributed by atoms with Crippen LogP contribution in [-0.2, 0) is 0 Å². The van der Waals surface area contributed by atoms with Gasteiger partial charge in [0.05, 0.1) is 27.4 Å². The van der Waals surface area contributed by atoms with E-state index >= 15 is 0 Å². The van der Waals surface area contributed by atoms with Gasteiger partial charge in [-0.2, -0.15) is 0 Å². The van der Waals surface area contributed by atoms with Crippen molar-refractivity contribution in [3.05, 3.63) is 23.4 Å². The number of benzene rings is 1. The number of aliphatic hydroxyl groups is 1. The summed E-state index contributed by atoms with van der Waals surface area (Å²) in [7, 11) is 4.80. The minimum atomic E-state index is -0.374. The van der Waals surface area contributed by atoms with E-state index in [1.807, 2.05) is 18.2 Å². The van der Waals surface area contributed by atoms with Crippen LogP contribution in [0, 0.1) is 5.92 Å². The molecule has 5 heteroatoms. The summed E-state index contributed by atoms with van der Waals surface area (Å²) in [6.07, 6.45) is 3.81. The molecule has 22 heavy (non-hydrogen) atoms. The molecule has 0 aliphatic carbocycles. The minimum Gasteiger partial charge on any atom is -0.493 e. The average Bonchev–Trinajstić information content (AvgIpc) is 2.57. The fourth-order valence-electron chi connectivity index (χ4n) is 3.43. The van der Waals surface area contributed by atoms with Gasteiger partial charge in [0, 0.05) is 18.8 Å². The van der Waals surface area contributed by atoms with Crippen molar-refractivity contribution >= 4 is 6.08 Å². The molecule has 0 saturated carbocycles. The summed E-state index contributed by atoms with van der Waals surface area (Å²) < 4.78 is 16.1. The van der Waals surface area contributed by atoms with Gasteiger partial charge < -0.3 is 24.2 Å². The van der Waals surface area contributed by atoms with Crippen LogP contribution < -0.4 is 14.2 Å². The quantitative estimate of drug-likeness (QED) is 0.923. The first-order valence-corrected chi connectivity index (χ1v) is 7.62. The predicted octanol–water partition coefficient (Wildman–Crippen LogP) is 2.14. The van der Waals surface area contributed by atoms with Crippen molar-refractivity contribution in [3.8, 4) is 17.2 Å². The molecule has 1 aromatic carbocycles. The van der Waals surface area contributed by atoms with Gasteiger partial charge in [0.2, 0.25) is 5.75 Å². The van der Waals surface area contributed by atoms with Crippen molar-refractivity contribution in [1.82, 2.24) is 4.90 Å². The molecule has 5 nitrogen and oxygen atoms in total. The molecule has 3 aliphatic heterocycles. The van der Waals surface area contributed by atoms with Gasteiger partial charge in [0.1, 0.15) is 0 Å². The molecule has 4 rings (SSSR count). The maximum atomic E-state index is 10.5. The number of rotatable bonds is 4. The zero-order chi connectivity index (χ0) is 15.7. The van der Waals surface area contributed by atoms with Crippen molar-refractivity contribution in [2.45, 2.75) is 18.9 Å². The molecule has 0 spiro atoms. The van der Waals surface area contributed by atoms with E-state index in [2.05, 4.69) is 4.90 Å². The van der Waals surface area contributed by atoms with E-state index in [9.17, 15) is 5.11 Å². The number of piperidine rings is 3. The van der Waals surface area contributed by atoms with E-state index in [1.54, 1.807) is 21.3 Å². The Labute approximate surface area is 131 Å². The predicted molar refractivity (Wildman–Crippen MR) is 84.4 cm³/mol. The smallest absolute Gasteiger partial charge is 0.203 e. The maximum absolute atomic E-state index is 10.5. The third kappa shape index (κ3) is 2.50. The van der Waals surface area contributed by atoms with Crippen LogP contribution >= 0.6 is 0 Å². The third-order valence-electron chi connectivity index (χ3n) is 4.66. The SMILES string of the molecule is COc1cc(/C=C2/[C@@H](O)C3CCN2CC3)cc(OC)c1OC. The van der Waals surface area contributed by atoms with Crippen molar-refractivity contribution in [3.63, 3.8) is 0 Å². The first-order valence-electron chi connectivity index (χ1n) is 7.62. The van der Waals surface area contributed by atoms with Gasteiger partial charge in [0.15, 0.2) is 11.5 Å².